The van der Waals surface area contributed by atoms with Crippen LogP contribution in [-0.4, -0.2) is 47.5 Å². The first-order valence-corrected chi connectivity index (χ1v) is 11.1. The quantitative estimate of drug-likeness (QED) is 0.559. The second-order valence-electron chi connectivity index (χ2n) is 7.90. The smallest absolute Gasteiger partial charge is 0.218 e. The van der Waals surface area contributed by atoms with E-state index in [0.29, 0.717) is 5.92 Å². The minimum absolute atomic E-state index is 0. The standard InChI is InChI=1S/C22H24N4O.C2H3ClO.ClH/c1-2-6-20-17(4-1)7-8-21(25-20)26-14-18(15-26)27-22-19(5-3-11-24-22)16-9-12-23-13-10-16;1-2(3)4;/h1-8,11,16,18,23H,9-10,12-15H2;1H3;1H. The molecule has 2 aliphatic heterocycles. The molecule has 2 aliphatic rings. The highest BCUT2D eigenvalue weighted by Crippen LogP contribution is 2.33. The number of fused-ring (bicyclic) bond motifs is 1. The fourth-order valence-corrected chi connectivity index (χ4v) is 4.03. The molecule has 0 aliphatic carbocycles. The Hall–Kier alpha value is -2.41. The number of hydrogen-bond donors (Lipinski definition) is 1. The van der Waals surface area contributed by atoms with Gasteiger partial charge in [0.25, 0.3) is 0 Å². The molecule has 4 heterocycles. The van der Waals surface area contributed by atoms with Crippen molar-refractivity contribution >= 4 is 46.0 Å². The highest BCUT2D eigenvalue weighted by Gasteiger charge is 2.31. The van der Waals surface area contributed by atoms with Gasteiger partial charge < -0.3 is 15.0 Å². The van der Waals surface area contributed by atoms with Crippen LogP contribution in [0.1, 0.15) is 31.2 Å². The number of benzene rings is 1. The summed E-state index contributed by atoms with van der Waals surface area (Å²) in [5.74, 6) is 2.39. The Morgan fingerprint density at radius 3 is 2.56 bits per heavy atom. The summed E-state index contributed by atoms with van der Waals surface area (Å²) >= 11 is 4.64. The third-order valence-corrected chi connectivity index (χ3v) is 5.61. The SMILES string of the molecule is CC(=O)Cl.Cl.c1cnc(OC2CN(c3ccc4ccccc4n3)C2)c(C2CCNCC2)c1. The van der Waals surface area contributed by atoms with Crippen molar-refractivity contribution in [2.75, 3.05) is 31.1 Å². The lowest BCUT2D eigenvalue weighted by molar-refractivity contribution is -0.109. The number of piperidine rings is 1. The Morgan fingerprint density at radius 2 is 1.81 bits per heavy atom. The van der Waals surface area contributed by atoms with Gasteiger partial charge in [-0.2, -0.15) is 0 Å². The van der Waals surface area contributed by atoms with Crippen LogP contribution in [0.3, 0.4) is 0 Å². The molecule has 2 aromatic heterocycles. The van der Waals surface area contributed by atoms with E-state index in [-0.39, 0.29) is 23.8 Å². The van der Waals surface area contributed by atoms with Crippen molar-refractivity contribution in [3.63, 3.8) is 0 Å². The molecule has 0 bridgehead atoms. The van der Waals surface area contributed by atoms with Crippen LogP contribution in [0.2, 0.25) is 0 Å². The fourth-order valence-electron chi connectivity index (χ4n) is 4.03. The molecule has 0 spiro atoms. The normalized spacial score (nSPS) is 16.4. The van der Waals surface area contributed by atoms with E-state index < -0.39 is 0 Å². The van der Waals surface area contributed by atoms with Crippen molar-refractivity contribution in [1.82, 2.24) is 15.3 Å². The highest BCUT2D eigenvalue weighted by molar-refractivity contribution is 6.62. The summed E-state index contributed by atoms with van der Waals surface area (Å²) in [5.41, 5.74) is 2.30. The van der Waals surface area contributed by atoms with Gasteiger partial charge in [0.05, 0.1) is 18.6 Å². The summed E-state index contributed by atoms with van der Waals surface area (Å²) in [7, 11) is 0. The summed E-state index contributed by atoms with van der Waals surface area (Å²) in [6.45, 7) is 5.15. The topological polar surface area (TPSA) is 67.3 Å². The van der Waals surface area contributed by atoms with E-state index in [2.05, 4.69) is 57.1 Å². The van der Waals surface area contributed by atoms with E-state index in [0.717, 1.165) is 56.2 Å². The average Bonchev–Trinajstić information content (AvgIpc) is 2.76. The van der Waals surface area contributed by atoms with Crippen molar-refractivity contribution in [2.24, 2.45) is 0 Å². The Morgan fingerprint density at radius 1 is 1.09 bits per heavy atom. The average molecular weight is 475 g/mol. The molecule has 8 heteroatoms. The fraction of sp³-hybridized carbons (Fsp3) is 0.375. The van der Waals surface area contributed by atoms with Crippen molar-refractivity contribution in [2.45, 2.75) is 31.8 Å². The van der Waals surface area contributed by atoms with Gasteiger partial charge in [0, 0.05) is 24.1 Å². The Balaban J connectivity index is 0.000000536. The maximum absolute atomic E-state index is 9.21. The first kappa shape index (κ1) is 24.2. The molecule has 1 N–H and O–H groups in total. The van der Waals surface area contributed by atoms with E-state index >= 15 is 0 Å². The van der Waals surface area contributed by atoms with Crippen LogP contribution in [0.15, 0.2) is 54.7 Å². The second-order valence-corrected chi connectivity index (χ2v) is 8.43. The molecule has 6 nitrogen and oxygen atoms in total. The number of aromatic nitrogens is 2. The maximum Gasteiger partial charge on any atom is 0.218 e. The van der Waals surface area contributed by atoms with Gasteiger partial charge in [-0.3, -0.25) is 4.79 Å². The van der Waals surface area contributed by atoms with Crippen LogP contribution in [0.25, 0.3) is 10.9 Å². The third kappa shape index (κ3) is 6.09. The van der Waals surface area contributed by atoms with Gasteiger partial charge in [0.15, 0.2) is 0 Å². The number of ether oxygens (including phenoxy) is 1. The maximum atomic E-state index is 9.21. The number of halogens is 2. The van der Waals surface area contributed by atoms with E-state index in [4.69, 9.17) is 9.72 Å². The molecule has 2 fully saturated rings. The van der Waals surface area contributed by atoms with Crippen molar-refractivity contribution in [3.05, 3.63) is 60.3 Å². The molecule has 170 valence electrons. The zero-order valence-corrected chi connectivity index (χ0v) is 19.6. The molecule has 3 aromatic rings. The summed E-state index contributed by atoms with van der Waals surface area (Å²) < 4.78 is 6.27. The first-order valence-electron chi connectivity index (χ1n) is 10.7. The molecule has 0 amide bonds. The van der Waals surface area contributed by atoms with Gasteiger partial charge in [0.2, 0.25) is 11.1 Å². The minimum atomic E-state index is -0.361. The predicted molar refractivity (Wildman–Crippen MR) is 131 cm³/mol. The zero-order valence-electron chi connectivity index (χ0n) is 18.0. The molecule has 5 rings (SSSR count). The van der Waals surface area contributed by atoms with Crippen LogP contribution in [-0.2, 0) is 4.79 Å². The van der Waals surface area contributed by atoms with E-state index in [1.165, 1.54) is 17.9 Å². The van der Waals surface area contributed by atoms with Gasteiger partial charge >= 0.3 is 0 Å². The van der Waals surface area contributed by atoms with Crippen LogP contribution < -0.4 is 15.0 Å². The number of pyridine rings is 2. The minimum Gasteiger partial charge on any atom is -0.470 e. The Labute approximate surface area is 199 Å². The number of para-hydroxylation sites is 1. The van der Waals surface area contributed by atoms with E-state index in [1.54, 1.807) is 0 Å². The Bertz CT molecular complexity index is 1030. The number of anilines is 1. The lowest BCUT2D eigenvalue weighted by atomic mass is 9.91. The van der Waals surface area contributed by atoms with Crippen molar-refractivity contribution in [1.29, 1.82) is 0 Å². The van der Waals surface area contributed by atoms with Crippen LogP contribution >= 0.6 is 24.0 Å². The number of carbonyl (C=O) groups excluding carboxylic acids is 1. The molecule has 2 saturated heterocycles. The Kier molecular flexibility index (Phi) is 8.67. The van der Waals surface area contributed by atoms with E-state index in [9.17, 15) is 4.79 Å². The molecule has 1 aromatic carbocycles. The molecular formula is C24H28Cl2N4O2. The molecular weight excluding hydrogens is 447 g/mol. The zero-order chi connectivity index (χ0) is 21.6. The second kappa shape index (κ2) is 11.5. The van der Waals surface area contributed by atoms with E-state index in [1.807, 2.05) is 24.4 Å². The van der Waals surface area contributed by atoms with Crippen LogP contribution in [0.5, 0.6) is 5.88 Å². The van der Waals surface area contributed by atoms with Crippen molar-refractivity contribution in [3.8, 4) is 5.88 Å². The molecule has 0 radical (unpaired) electrons. The van der Waals surface area contributed by atoms with Gasteiger partial charge in [-0.05, 0) is 67.7 Å². The molecule has 0 saturated carbocycles. The van der Waals surface area contributed by atoms with Gasteiger partial charge in [-0.15, -0.1) is 12.4 Å². The molecule has 0 unspecified atom stereocenters. The van der Waals surface area contributed by atoms with Crippen LogP contribution in [0.4, 0.5) is 5.82 Å². The lowest BCUT2D eigenvalue weighted by Gasteiger charge is -2.40. The molecule has 32 heavy (non-hydrogen) atoms. The lowest BCUT2D eigenvalue weighted by Crippen LogP contribution is -2.54. The first-order chi connectivity index (χ1) is 15.1. The summed E-state index contributed by atoms with van der Waals surface area (Å²) in [6, 6.07) is 16.7. The summed E-state index contributed by atoms with van der Waals surface area (Å²) in [6.07, 6.45) is 4.31. The summed E-state index contributed by atoms with van der Waals surface area (Å²) in [4.78, 5) is 20.8. The van der Waals surface area contributed by atoms with Gasteiger partial charge in [-0.1, -0.05) is 24.3 Å². The summed E-state index contributed by atoms with van der Waals surface area (Å²) in [5, 5.41) is 4.24. The molecule has 0 atom stereocenters. The predicted octanol–water partition coefficient (Wildman–Crippen LogP) is 4.56. The number of carbonyl (C=O) groups is 1. The van der Waals surface area contributed by atoms with Crippen molar-refractivity contribution < 1.29 is 9.53 Å². The highest BCUT2D eigenvalue weighted by atomic mass is 35.5. The number of nitrogens with one attached hydrogen (secondary N) is 1. The third-order valence-electron chi connectivity index (χ3n) is 5.61. The number of nitrogens with zero attached hydrogens (tertiary/aromatic N) is 3. The van der Waals surface area contributed by atoms with Gasteiger partial charge in [-0.25, -0.2) is 9.97 Å². The van der Waals surface area contributed by atoms with Crippen LogP contribution in [0, 0.1) is 0 Å². The number of rotatable bonds is 4. The monoisotopic (exact) mass is 474 g/mol. The largest absolute Gasteiger partial charge is 0.470 e. The number of hydrogen-bond acceptors (Lipinski definition) is 6. The van der Waals surface area contributed by atoms with Gasteiger partial charge in [0.1, 0.15) is 11.9 Å².